The van der Waals surface area contributed by atoms with Gasteiger partial charge in [0, 0.05) is 46.5 Å². The Morgan fingerprint density at radius 1 is 0.183 bits per heavy atom. The van der Waals surface area contributed by atoms with Gasteiger partial charge in [-0.2, -0.15) is 19.9 Å². The normalized spacial score (nSPS) is 11.1. The van der Waals surface area contributed by atoms with E-state index < -0.39 is 0 Å². The molecule has 17 aromatic carbocycles. The van der Waals surface area contributed by atoms with Gasteiger partial charge >= 0.3 is 0 Å². The first-order valence-electron chi connectivity index (χ1n) is 38.9. The van der Waals surface area contributed by atoms with Gasteiger partial charge in [-0.15, -0.1) is 0 Å². The number of hydrogen-bond acceptors (Lipinski definition) is 16. The van der Waals surface area contributed by atoms with Crippen LogP contribution in [0.4, 0.5) is 0 Å². The Bertz CT molecular complexity index is 7460. The number of ether oxygens (including phenoxy) is 4. The van der Waals surface area contributed by atoms with E-state index in [1.54, 1.807) is 101 Å². The van der Waals surface area contributed by atoms with Crippen LogP contribution in [0.1, 0.15) is 0 Å². The van der Waals surface area contributed by atoms with Gasteiger partial charge in [-0.05, 0) is 182 Å². The van der Waals surface area contributed by atoms with E-state index in [4.69, 9.17) is 38.9 Å². The molecule has 0 radical (unpaired) electrons. The maximum atomic E-state index is 10.4. The molecule has 120 heavy (non-hydrogen) atoms. The van der Waals surface area contributed by atoms with Crippen molar-refractivity contribution in [2.24, 2.45) is 0 Å². The lowest BCUT2D eigenvalue weighted by Crippen LogP contribution is -1.97. The van der Waals surface area contributed by atoms with Crippen LogP contribution in [-0.4, -0.2) is 88.7 Å². The zero-order chi connectivity index (χ0) is 81.7. The van der Waals surface area contributed by atoms with E-state index in [1.165, 1.54) is 48.5 Å². The van der Waals surface area contributed by atoms with Crippen LogP contribution in [0, 0.1) is 0 Å². The quantitative estimate of drug-likeness (QED) is 0.0660. The second kappa shape index (κ2) is 33.0. The molecule has 4 aromatic heterocycles. The molecule has 0 spiro atoms. The summed E-state index contributed by atoms with van der Waals surface area (Å²) in [4.78, 5) is 37.0. The summed E-state index contributed by atoms with van der Waals surface area (Å²) in [7, 11) is 6.33. The van der Waals surface area contributed by atoms with Crippen LogP contribution in [0.2, 0.25) is 0 Å². The van der Waals surface area contributed by atoms with E-state index in [1.807, 2.05) is 109 Å². The highest BCUT2D eigenvalue weighted by atomic mass is 16.5. The third kappa shape index (κ3) is 15.0. The van der Waals surface area contributed by atoms with Crippen LogP contribution in [-0.2, 0) is 0 Å². The molecule has 0 aliphatic heterocycles. The van der Waals surface area contributed by atoms with Crippen molar-refractivity contribution in [1.29, 1.82) is 0 Å². The second-order valence-corrected chi connectivity index (χ2v) is 28.5. The maximum absolute atomic E-state index is 10.4. The Labute approximate surface area is 689 Å². The molecule has 0 aliphatic rings. The van der Waals surface area contributed by atoms with E-state index in [-0.39, 0.29) is 23.0 Å². The molecule has 0 aliphatic carbocycles. The van der Waals surface area contributed by atoms with Crippen LogP contribution in [0.3, 0.4) is 0 Å². The summed E-state index contributed by atoms with van der Waals surface area (Å²) in [5.74, 6) is 4.03. The molecular formula is C104H74N8O8. The minimum atomic E-state index is 0.131. The summed E-state index contributed by atoms with van der Waals surface area (Å²) in [6, 6.07) is 115. The van der Waals surface area contributed by atoms with Gasteiger partial charge in [-0.3, -0.25) is 0 Å². The van der Waals surface area contributed by atoms with Crippen molar-refractivity contribution < 1.29 is 39.4 Å². The Kier molecular flexibility index (Phi) is 20.6. The fraction of sp³-hybridized carbons (Fsp3) is 0.0385. The first-order valence-corrected chi connectivity index (χ1v) is 38.9. The number of hydrogen-bond donors (Lipinski definition) is 4. The van der Waals surface area contributed by atoms with Gasteiger partial charge in [0.15, 0.2) is 23.3 Å². The SMILES string of the molecule is COc1cc(-c2c3ccccc3cc3ccccc23)nc(-c2ccccc2O)n1.COc1cc(-c2cc3c4ccccc4ccc3c3ccccc23)nc(-c2ccccc2O)n1.COc1cc(-c2cc3ccccc3c3ccccc23)nc(-c2ccccc2O)n1.COc1cc(-c2ccc3cc4ccccc4cc3c2)nc(-c2ccccc2O)n1. The highest BCUT2D eigenvalue weighted by Gasteiger charge is 2.22. The summed E-state index contributed by atoms with van der Waals surface area (Å²) in [6.07, 6.45) is 0. The third-order valence-electron chi connectivity index (χ3n) is 21.3. The fourth-order valence-electron chi connectivity index (χ4n) is 15.5. The van der Waals surface area contributed by atoms with Crippen molar-refractivity contribution in [3.63, 3.8) is 0 Å². The van der Waals surface area contributed by atoms with Gasteiger partial charge in [0.05, 0.1) is 73.5 Å². The molecule has 4 N–H and O–H groups in total. The molecule has 0 saturated heterocycles. The van der Waals surface area contributed by atoms with Crippen molar-refractivity contribution in [2.75, 3.05) is 28.4 Å². The molecule has 16 nitrogen and oxygen atoms in total. The van der Waals surface area contributed by atoms with Crippen molar-refractivity contribution in [3.8, 4) is 137 Å². The summed E-state index contributed by atoms with van der Waals surface area (Å²) in [5, 5.41) is 62.1. The van der Waals surface area contributed by atoms with Gasteiger partial charge in [0.25, 0.3) is 0 Å². The minimum absolute atomic E-state index is 0.131. The number of phenols is 4. The standard InChI is InChI=1S/C29H20N2O2.3C25H18N2O2/c1-33-28-17-26(30-29(31-28)23-12-6-7-13-27(23)32)25-16-24-19-9-3-2-8-18(19)14-15-22(24)20-10-4-5-11-21(20)25;1-29-23-15-21(26-25(27-23)20-12-6-7-13-22(20)28)24-18-10-4-2-8-16(18)14-17-9-3-5-11-19(17)24;1-29-24-15-22(26-25(27-24)20-12-6-7-13-23(20)28)21-14-16-8-2-3-9-17(16)18-10-4-5-11-19(18)21;1-29-24-15-22(26-25(27-24)21-8-4-5-9-23(21)28)19-11-10-18-12-16-6-2-3-7-17(16)13-20(18)14-19/h2-17,32H,1H3;3*2-15,28H,1H3. The highest BCUT2D eigenvalue weighted by molar-refractivity contribution is 6.21. The Morgan fingerprint density at radius 2 is 0.475 bits per heavy atom. The molecule has 0 amide bonds. The van der Waals surface area contributed by atoms with E-state index in [0.717, 1.165) is 93.5 Å². The largest absolute Gasteiger partial charge is 0.507 e. The molecule has 21 aromatic rings. The number of phenolic OH excluding ortho intramolecular Hbond substituents is 4. The van der Waals surface area contributed by atoms with Gasteiger partial charge in [-0.1, -0.05) is 243 Å². The molecule has 578 valence electrons. The second-order valence-electron chi connectivity index (χ2n) is 28.5. The number of fused-ring (bicyclic) bond motifs is 12. The average Bonchev–Trinajstić information content (AvgIpc) is 0.754. The van der Waals surface area contributed by atoms with Gasteiger partial charge in [-0.25, -0.2) is 19.9 Å². The number of benzene rings is 17. The number of nitrogens with zero attached hydrogens (tertiary/aromatic N) is 8. The van der Waals surface area contributed by atoms with Crippen molar-refractivity contribution >= 4 is 97.0 Å². The fourth-order valence-corrected chi connectivity index (χ4v) is 15.5. The van der Waals surface area contributed by atoms with Crippen LogP contribution in [0.25, 0.3) is 188 Å². The first-order chi connectivity index (χ1) is 58.9. The Hall–Kier alpha value is -16.2. The van der Waals surface area contributed by atoms with Crippen LogP contribution in [0.15, 0.2) is 352 Å². The van der Waals surface area contributed by atoms with Crippen LogP contribution < -0.4 is 18.9 Å². The third-order valence-corrected chi connectivity index (χ3v) is 21.3. The lowest BCUT2D eigenvalue weighted by atomic mass is 9.92. The number of para-hydroxylation sites is 4. The van der Waals surface area contributed by atoms with Crippen molar-refractivity contribution in [1.82, 2.24) is 39.9 Å². The van der Waals surface area contributed by atoms with Gasteiger partial charge < -0.3 is 39.4 Å². The number of aromatic nitrogens is 8. The Morgan fingerprint density at radius 3 is 0.925 bits per heavy atom. The molecule has 0 saturated carbocycles. The summed E-state index contributed by atoms with van der Waals surface area (Å²) in [6.45, 7) is 0. The minimum Gasteiger partial charge on any atom is -0.507 e. The molecule has 16 heteroatoms. The summed E-state index contributed by atoms with van der Waals surface area (Å²) >= 11 is 0. The highest BCUT2D eigenvalue weighted by Crippen LogP contribution is 2.44. The molecular weight excluding hydrogens is 1490 g/mol. The van der Waals surface area contributed by atoms with E-state index in [2.05, 4.69) is 190 Å². The smallest absolute Gasteiger partial charge is 0.217 e. The average molecular weight is 1560 g/mol. The summed E-state index contributed by atoms with van der Waals surface area (Å²) in [5.41, 5.74) is 9.23. The monoisotopic (exact) mass is 1560 g/mol. The van der Waals surface area contributed by atoms with Gasteiger partial charge in [0.1, 0.15) is 23.0 Å². The first kappa shape index (κ1) is 75.2. The Balaban J connectivity index is 0.000000110. The van der Waals surface area contributed by atoms with Crippen molar-refractivity contribution in [2.45, 2.75) is 0 Å². The maximum Gasteiger partial charge on any atom is 0.217 e. The molecule has 4 heterocycles. The summed E-state index contributed by atoms with van der Waals surface area (Å²) < 4.78 is 21.8. The van der Waals surface area contributed by atoms with Crippen molar-refractivity contribution in [3.05, 3.63) is 352 Å². The number of rotatable bonds is 12. The van der Waals surface area contributed by atoms with E-state index >= 15 is 0 Å². The topological polar surface area (TPSA) is 221 Å². The molecule has 0 bridgehead atoms. The van der Waals surface area contributed by atoms with Crippen LogP contribution >= 0.6 is 0 Å². The predicted molar refractivity (Wildman–Crippen MR) is 482 cm³/mol. The molecule has 0 unspecified atom stereocenters. The lowest BCUT2D eigenvalue weighted by molar-refractivity contribution is 0.397. The van der Waals surface area contributed by atoms with E-state index in [0.29, 0.717) is 69.1 Å². The molecule has 0 fully saturated rings. The zero-order valence-electron chi connectivity index (χ0n) is 65.5. The molecule has 21 rings (SSSR count). The zero-order valence-corrected chi connectivity index (χ0v) is 65.5. The van der Waals surface area contributed by atoms with Gasteiger partial charge in [0.2, 0.25) is 23.5 Å². The number of methoxy groups -OCH3 is 4. The predicted octanol–water partition coefficient (Wildman–Crippen LogP) is 24.5. The molecule has 0 atom stereocenters. The van der Waals surface area contributed by atoms with Crippen LogP contribution in [0.5, 0.6) is 46.5 Å². The van der Waals surface area contributed by atoms with E-state index in [9.17, 15) is 20.4 Å². The number of aromatic hydroxyl groups is 4. The lowest BCUT2D eigenvalue weighted by Gasteiger charge is -2.14.